The molecule has 0 radical (unpaired) electrons. The molecule has 6 atom stereocenters. The summed E-state index contributed by atoms with van der Waals surface area (Å²) in [6.45, 7) is 0.380. The number of ether oxygens (including phenoxy) is 1. The van der Waals surface area contributed by atoms with Crippen LogP contribution < -0.4 is 4.74 Å². The summed E-state index contributed by atoms with van der Waals surface area (Å²) < 4.78 is 5.79. The highest BCUT2D eigenvalue weighted by Crippen LogP contribution is 2.65. The van der Waals surface area contributed by atoms with E-state index in [0.717, 1.165) is 22.6 Å². The highest BCUT2D eigenvalue weighted by atomic mass is 35.5. The van der Waals surface area contributed by atoms with E-state index in [2.05, 4.69) is 17.3 Å². The van der Waals surface area contributed by atoms with Crippen LogP contribution in [0.25, 0.3) is 0 Å². The number of halogens is 1. The van der Waals surface area contributed by atoms with Gasteiger partial charge in [0.25, 0.3) is 11.8 Å². The number of benzene rings is 2. The molecule has 2 aromatic rings. The highest BCUT2D eigenvalue weighted by Gasteiger charge is 2.67. The molecule has 0 unspecified atom stereocenters. The first-order valence-electron chi connectivity index (χ1n) is 10.7. The number of carbonyl (C=O) groups is 2. The Kier molecular flexibility index (Phi) is 4.29. The molecule has 0 spiro atoms. The van der Waals surface area contributed by atoms with Crippen molar-refractivity contribution in [1.82, 2.24) is 5.01 Å². The zero-order chi connectivity index (χ0) is 21.1. The molecular weight excluding hydrogens is 412 g/mol. The number of hydrogen-bond acceptors (Lipinski definition) is 4. The van der Waals surface area contributed by atoms with Gasteiger partial charge in [-0.3, -0.25) is 9.59 Å². The molecular formula is C25H21ClN2O3. The zero-order valence-corrected chi connectivity index (χ0v) is 17.5. The minimum Gasteiger partial charge on any atom is -0.489 e. The second kappa shape index (κ2) is 7.06. The van der Waals surface area contributed by atoms with Crippen molar-refractivity contribution in [3.63, 3.8) is 0 Å². The number of rotatable bonds is 5. The third-order valence-corrected chi connectivity index (χ3v) is 7.56. The molecule has 6 heteroatoms. The molecule has 5 nitrogen and oxygen atoms in total. The Bertz CT molecular complexity index is 1090. The topological polar surface area (TPSA) is 59.0 Å². The Balaban J connectivity index is 1.13. The summed E-state index contributed by atoms with van der Waals surface area (Å²) in [6, 6.07) is 14.9. The quantitative estimate of drug-likeness (QED) is 0.402. The molecule has 5 aliphatic rings. The fourth-order valence-electron chi connectivity index (χ4n) is 5.61. The average molecular weight is 433 g/mol. The molecule has 1 heterocycles. The third-order valence-electron chi connectivity index (χ3n) is 7.19. The molecule has 4 aliphatic carbocycles. The van der Waals surface area contributed by atoms with Crippen LogP contribution >= 0.6 is 11.6 Å². The van der Waals surface area contributed by atoms with Gasteiger partial charge in [0, 0.05) is 10.6 Å². The summed E-state index contributed by atoms with van der Waals surface area (Å²) in [5.41, 5.74) is 1.72. The van der Waals surface area contributed by atoms with Crippen LogP contribution in [-0.4, -0.2) is 23.0 Å². The van der Waals surface area contributed by atoms with Crippen molar-refractivity contribution in [2.45, 2.75) is 13.0 Å². The van der Waals surface area contributed by atoms with Crippen molar-refractivity contribution in [2.75, 3.05) is 0 Å². The van der Waals surface area contributed by atoms with Crippen molar-refractivity contribution < 1.29 is 14.3 Å². The van der Waals surface area contributed by atoms with Crippen molar-refractivity contribution in [3.05, 3.63) is 76.8 Å². The standard InChI is InChI=1S/C25H21ClN2O3/c26-21-4-2-1-3-15(21)13-31-16-7-5-14(6-8-16)12-27-28-24(29)22-17-9-10-18(20-11-19(17)20)23(22)25(28)30/h1-10,12,17-20,22-23H,11,13H2/b27-12+/t17-,18-,19-,20-,22+,23+/m1/s1. The molecule has 0 aromatic heterocycles. The summed E-state index contributed by atoms with van der Waals surface area (Å²) in [7, 11) is 0. The lowest BCUT2D eigenvalue weighted by Gasteiger charge is -2.37. The molecule has 1 saturated heterocycles. The number of carbonyl (C=O) groups excluding carboxylic acids is 2. The lowest BCUT2D eigenvalue weighted by molar-refractivity contribution is -0.140. The monoisotopic (exact) mass is 432 g/mol. The van der Waals surface area contributed by atoms with Gasteiger partial charge in [0.1, 0.15) is 12.4 Å². The summed E-state index contributed by atoms with van der Waals surface area (Å²) in [5, 5.41) is 6.05. The number of amides is 2. The van der Waals surface area contributed by atoms with E-state index in [4.69, 9.17) is 16.3 Å². The zero-order valence-electron chi connectivity index (χ0n) is 16.7. The SMILES string of the molecule is O=C1[C@H]2[C@@H]3C=C[C@H]([C@H]4C[C@H]34)[C@@H]2C(=O)N1/N=C/c1ccc(OCc2ccccc2Cl)cc1. The molecule has 156 valence electrons. The van der Waals surface area contributed by atoms with Gasteiger partial charge in [-0.25, -0.2) is 0 Å². The van der Waals surface area contributed by atoms with Crippen molar-refractivity contribution in [3.8, 4) is 5.75 Å². The highest BCUT2D eigenvalue weighted by molar-refractivity contribution is 6.31. The normalized spacial score (nSPS) is 32.5. The van der Waals surface area contributed by atoms with Crippen LogP contribution in [0.4, 0.5) is 0 Å². The van der Waals surface area contributed by atoms with E-state index < -0.39 is 0 Å². The first kappa shape index (κ1) is 18.8. The summed E-state index contributed by atoms with van der Waals surface area (Å²) in [4.78, 5) is 25.9. The molecule has 2 bridgehead atoms. The second-order valence-electron chi connectivity index (χ2n) is 8.84. The van der Waals surface area contributed by atoms with E-state index in [-0.39, 0.29) is 35.5 Å². The lowest BCUT2D eigenvalue weighted by atomic mass is 9.63. The van der Waals surface area contributed by atoms with Gasteiger partial charge in [-0.2, -0.15) is 10.1 Å². The van der Waals surface area contributed by atoms with Crippen molar-refractivity contribution in [2.24, 2.45) is 40.6 Å². The third kappa shape index (κ3) is 3.02. The minimum absolute atomic E-state index is 0.143. The van der Waals surface area contributed by atoms with Crippen LogP contribution in [-0.2, 0) is 16.2 Å². The van der Waals surface area contributed by atoms with E-state index in [1.807, 2.05) is 48.5 Å². The maximum Gasteiger partial charge on any atom is 0.254 e. The maximum absolute atomic E-state index is 13.0. The average Bonchev–Trinajstić information content (AvgIpc) is 3.57. The molecule has 31 heavy (non-hydrogen) atoms. The first-order chi connectivity index (χ1) is 15.1. The van der Waals surface area contributed by atoms with Gasteiger partial charge >= 0.3 is 0 Å². The van der Waals surface area contributed by atoms with Crippen molar-refractivity contribution >= 4 is 29.6 Å². The number of hydrogen-bond donors (Lipinski definition) is 0. The molecule has 3 fully saturated rings. The molecule has 0 N–H and O–H groups in total. The smallest absolute Gasteiger partial charge is 0.254 e. The Morgan fingerprint density at radius 3 is 2.26 bits per heavy atom. The largest absolute Gasteiger partial charge is 0.489 e. The second-order valence-corrected chi connectivity index (χ2v) is 9.24. The van der Waals surface area contributed by atoms with Crippen molar-refractivity contribution in [1.29, 1.82) is 0 Å². The molecule has 7 rings (SSSR count). The van der Waals surface area contributed by atoms with Gasteiger partial charge in [0.15, 0.2) is 0 Å². The van der Waals surface area contributed by atoms with Gasteiger partial charge in [-0.05, 0) is 66.0 Å². The Hall–Kier alpha value is -2.92. The van der Waals surface area contributed by atoms with E-state index in [1.54, 1.807) is 6.21 Å². The van der Waals surface area contributed by atoms with Crippen LogP contribution in [0.2, 0.25) is 5.02 Å². The fourth-order valence-corrected chi connectivity index (χ4v) is 5.80. The lowest BCUT2D eigenvalue weighted by Crippen LogP contribution is -2.40. The first-order valence-corrected chi connectivity index (χ1v) is 11.1. The summed E-state index contributed by atoms with van der Waals surface area (Å²) >= 11 is 6.16. The Morgan fingerprint density at radius 1 is 0.968 bits per heavy atom. The van der Waals surface area contributed by atoms with Crippen LogP contribution in [0.15, 0.2) is 65.8 Å². The van der Waals surface area contributed by atoms with Gasteiger partial charge in [-0.15, -0.1) is 0 Å². The minimum atomic E-state index is -0.219. The number of hydrazone groups is 1. The van der Waals surface area contributed by atoms with Crippen LogP contribution in [0, 0.1) is 35.5 Å². The molecule has 1 aliphatic heterocycles. The predicted molar refractivity (Wildman–Crippen MR) is 116 cm³/mol. The van der Waals surface area contributed by atoms with Crippen LogP contribution in [0.5, 0.6) is 5.75 Å². The van der Waals surface area contributed by atoms with E-state index in [9.17, 15) is 9.59 Å². The summed E-state index contributed by atoms with van der Waals surface area (Å²) in [5.74, 6) is 1.60. The van der Waals surface area contributed by atoms with Gasteiger partial charge in [0.2, 0.25) is 0 Å². The Morgan fingerprint density at radius 2 is 1.61 bits per heavy atom. The van der Waals surface area contributed by atoms with Crippen LogP contribution in [0.1, 0.15) is 17.5 Å². The van der Waals surface area contributed by atoms with E-state index in [0.29, 0.717) is 29.2 Å². The maximum atomic E-state index is 13.0. The molecule has 2 saturated carbocycles. The van der Waals surface area contributed by atoms with Gasteiger partial charge in [-0.1, -0.05) is 42.0 Å². The molecule has 2 amide bonds. The predicted octanol–water partition coefficient (Wildman–Crippen LogP) is 4.31. The fraction of sp³-hybridized carbons (Fsp3) is 0.320. The van der Waals surface area contributed by atoms with Gasteiger partial charge < -0.3 is 4.74 Å². The number of nitrogens with zero attached hydrogens (tertiary/aromatic N) is 2. The van der Waals surface area contributed by atoms with Gasteiger partial charge in [0.05, 0.1) is 18.1 Å². The van der Waals surface area contributed by atoms with E-state index in [1.165, 1.54) is 0 Å². The number of allylic oxidation sites excluding steroid dienone is 2. The van der Waals surface area contributed by atoms with Crippen LogP contribution in [0.3, 0.4) is 0 Å². The van der Waals surface area contributed by atoms with E-state index >= 15 is 0 Å². The Labute approximate surface area is 185 Å². The molecule has 2 aromatic carbocycles. The number of imide groups is 1. The summed E-state index contributed by atoms with van der Waals surface area (Å²) in [6.07, 6.45) is 7.06.